The Labute approximate surface area is 168 Å². The van der Waals surface area contributed by atoms with Gasteiger partial charge < -0.3 is 20.1 Å². The number of nitrogens with one attached hydrogen (secondary N) is 1. The molecule has 2 aromatic rings. The Balaban J connectivity index is 1.90. The molecule has 0 aromatic heterocycles. The molecular weight excluding hydrogens is 352 g/mol. The summed E-state index contributed by atoms with van der Waals surface area (Å²) in [6.07, 6.45) is 1.04. The molecule has 5 heteroatoms. The lowest BCUT2D eigenvalue weighted by atomic mass is 9.95. The summed E-state index contributed by atoms with van der Waals surface area (Å²) in [5.41, 5.74) is 3.57. The number of hydrogen-bond acceptors (Lipinski definition) is 3. The van der Waals surface area contributed by atoms with Gasteiger partial charge >= 0.3 is 0 Å². The number of carbonyl (C=O) groups excluding carboxylic acids is 1. The van der Waals surface area contributed by atoms with Crippen molar-refractivity contribution in [2.24, 2.45) is 5.92 Å². The van der Waals surface area contributed by atoms with E-state index in [2.05, 4.69) is 55.7 Å². The van der Waals surface area contributed by atoms with Crippen molar-refractivity contribution in [3.63, 3.8) is 0 Å². The third kappa shape index (κ3) is 5.99. The average molecular weight is 386 g/mol. The quantitative estimate of drug-likeness (QED) is 0.661. The van der Waals surface area contributed by atoms with E-state index in [1.54, 1.807) is 14.2 Å². The lowest BCUT2D eigenvalue weighted by Gasteiger charge is -2.20. The Hall–Kier alpha value is -2.53. The number of hydrogen-bond donors (Lipinski definition) is 2. The SMILES string of the molecule is CCc1ccc([C@@H]([NH2+]CC(=O)NCc2ccc(OC)c(OC)c2)C(C)C)cc1. The summed E-state index contributed by atoms with van der Waals surface area (Å²) in [5.74, 6) is 1.80. The molecule has 0 unspecified atom stereocenters. The zero-order chi connectivity index (χ0) is 20.5. The Morgan fingerprint density at radius 2 is 1.64 bits per heavy atom. The zero-order valence-electron chi connectivity index (χ0n) is 17.6. The minimum absolute atomic E-state index is 0.0191. The highest BCUT2D eigenvalue weighted by molar-refractivity contribution is 5.76. The normalized spacial score (nSPS) is 11.9. The number of aryl methyl sites for hydroxylation is 1. The highest BCUT2D eigenvalue weighted by Crippen LogP contribution is 2.27. The van der Waals surface area contributed by atoms with Crippen molar-refractivity contribution in [1.82, 2.24) is 5.32 Å². The molecular formula is C23H33N2O3+. The fraction of sp³-hybridized carbons (Fsp3) is 0.435. The number of rotatable bonds is 10. The first-order valence-corrected chi connectivity index (χ1v) is 9.88. The van der Waals surface area contributed by atoms with Crippen molar-refractivity contribution >= 4 is 5.91 Å². The fourth-order valence-corrected chi connectivity index (χ4v) is 3.27. The summed E-state index contributed by atoms with van der Waals surface area (Å²) in [6, 6.07) is 14.6. The summed E-state index contributed by atoms with van der Waals surface area (Å²) in [7, 11) is 3.21. The van der Waals surface area contributed by atoms with E-state index in [-0.39, 0.29) is 11.9 Å². The topological polar surface area (TPSA) is 64.2 Å². The van der Waals surface area contributed by atoms with Crippen LogP contribution in [-0.2, 0) is 17.8 Å². The van der Waals surface area contributed by atoms with Crippen LogP contribution in [0.15, 0.2) is 42.5 Å². The summed E-state index contributed by atoms with van der Waals surface area (Å²) in [5, 5.41) is 5.11. The van der Waals surface area contributed by atoms with Crippen LogP contribution in [0.1, 0.15) is 43.5 Å². The van der Waals surface area contributed by atoms with Gasteiger partial charge in [0.2, 0.25) is 0 Å². The summed E-state index contributed by atoms with van der Waals surface area (Å²) in [4.78, 5) is 12.4. The van der Waals surface area contributed by atoms with E-state index in [0.29, 0.717) is 30.5 Å². The second kappa shape index (κ2) is 10.7. The van der Waals surface area contributed by atoms with Gasteiger partial charge in [-0.2, -0.15) is 0 Å². The first-order chi connectivity index (χ1) is 13.5. The van der Waals surface area contributed by atoms with E-state index in [9.17, 15) is 4.79 Å². The summed E-state index contributed by atoms with van der Waals surface area (Å²) in [6.45, 7) is 7.40. The molecule has 0 heterocycles. The number of nitrogens with two attached hydrogens (primary N) is 1. The number of methoxy groups -OCH3 is 2. The van der Waals surface area contributed by atoms with Gasteiger partial charge in [-0.1, -0.05) is 51.1 Å². The van der Waals surface area contributed by atoms with Gasteiger partial charge in [-0.25, -0.2) is 0 Å². The Morgan fingerprint density at radius 3 is 2.21 bits per heavy atom. The van der Waals surface area contributed by atoms with Crippen LogP contribution in [0.4, 0.5) is 0 Å². The van der Waals surface area contributed by atoms with Crippen molar-refractivity contribution in [1.29, 1.82) is 0 Å². The standard InChI is InChI=1S/C23H32N2O3/c1-6-17-7-10-19(11-8-17)23(16(2)3)25-15-22(26)24-14-18-9-12-20(27-4)21(13-18)28-5/h7-13,16,23,25H,6,14-15H2,1-5H3,(H,24,26)/p+1/t23-/m0/s1. The molecule has 0 radical (unpaired) electrons. The minimum atomic E-state index is 0.0191. The molecule has 1 atom stereocenters. The number of amides is 1. The van der Waals surface area contributed by atoms with Crippen molar-refractivity contribution in [2.45, 2.75) is 39.8 Å². The van der Waals surface area contributed by atoms with Gasteiger partial charge in [-0.15, -0.1) is 0 Å². The Morgan fingerprint density at radius 1 is 1.00 bits per heavy atom. The monoisotopic (exact) mass is 385 g/mol. The maximum atomic E-state index is 12.4. The molecule has 0 saturated carbocycles. The van der Waals surface area contributed by atoms with Crippen molar-refractivity contribution < 1.29 is 19.6 Å². The van der Waals surface area contributed by atoms with Crippen molar-refractivity contribution in [2.75, 3.05) is 20.8 Å². The van der Waals surface area contributed by atoms with E-state index in [0.717, 1.165) is 12.0 Å². The smallest absolute Gasteiger partial charge is 0.275 e. The molecule has 152 valence electrons. The number of ether oxygens (including phenoxy) is 2. The molecule has 5 nitrogen and oxygen atoms in total. The molecule has 28 heavy (non-hydrogen) atoms. The largest absolute Gasteiger partial charge is 0.493 e. The van der Waals surface area contributed by atoms with Gasteiger partial charge in [-0.3, -0.25) is 4.79 Å². The third-order valence-corrected chi connectivity index (χ3v) is 4.99. The van der Waals surface area contributed by atoms with E-state index in [4.69, 9.17) is 9.47 Å². The molecule has 0 aliphatic heterocycles. The van der Waals surface area contributed by atoms with Crippen molar-refractivity contribution in [3.8, 4) is 11.5 Å². The lowest BCUT2D eigenvalue weighted by Crippen LogP contribution is -2.88. The first-order valence-electron chi connectivity index (χ1n) is 9.88. The minimum Gasteiger partial charge on any atom is -0.493 e. The molecule has 0 aliphatic carbocycles. The van der Waals surface area contributed by atoms with E-state index in [1.807, 2.05) is 18.2 Å². The van der Waals surface area contributed by atoms with E-state index >= 15 is 0 Å². The molecule has 2 rings (SSSR count). The van der Waals surface area contributed by atoms with Crippen LogP contribution in [0.25, 0.3) is 0 Å². The number of quaternary nitrogens is 1. The molecule has 0 saturated heterocycles. The highest BCUT2D eigenvalue weighted by Gasteiger charge is 2.20. The zero-order valence-corrected chi connectivity index (χ0v) is 17.6. The van der Waals surface area contributed by atoms with Crippen molar-refractivity contribution in [3.05, 3.63) is 59.2 Å². The number of carbonyl (C=O) groups is 1. The Bertz CT molecular complexity index is 757. The van der Waals surface area contributed by atoms with Crippen LogP contribution >= 0.6 is 0 Å². The molecule has 1 amide bonds. The Kier molecular flexibility index (Phi) is 8.33. The second-order valence-corrected chi connectivity index (χ2v) is 7.27. The lowest BCUT2D eigenvalue weighted by molar-refractivity contribution is -0.692. The predicted molar refractivity (Wildman–Crippen MR) is 112 cm³/mol. The predicted octanol–water partition coefficient (Wildman–Crippen LogP) is 2.84. The van der Waals surface area contributed by atoms with Gasteiger partial charge in [0.15, 0.2) is 18.0 Å². The fourth-order valence-electron chi connectivity index (χ4n) is 3.27. The molecule has 0 bridgehead atoms. The molecule has 3 N–H and O–H groups in total. The average Bonchev–Trinajstić information content (AvgIpc) is 2.72. The first kappa shape index (κ1) is 21.8. The van der Waals surface area contributed by atoms with Gasteiger partial charge in [0, 0.05) is 18.0 Å². The summed E-state index contributed by atoms with van der Waals surface area (Å²) < 4.78 is 10.6. The maximum Gasteiger partial charge on any atom is 0.275 e. The molecule has 0 fully saturated rings. The summed E-state index contributed by atoms with van der Waals surface area (Å²) >= 11 is 0. The van der Waals surface area contributed by atoms with Crippen LogP contribution in [-0.4, -0.2) is 26.7 Å². The van der Waals surface area contributed by atoms with Gasteiger partial charge in [-0.05, 0) is 29.7 Å². The van der Waals surface area contributed by atoms with E-state index < -0.39 is 0 Å². The molecule has 2 aromatic carbocycles. The number of benzene rings is 2. The van der Waals surface area contributed by atoms with Crippen LogP contribution in [0, 0.1) is 5.92 Å². The van der Waals surface area contributed by atoms with E-state index in [1.165, 1.54) is 11.1 Å². The maximum absolute atomic E-state index is 12.4. The van der Waals surface area contributed by atoms with Crippen LogP contribution in [0.2, 0.25) is 0 Å². The van der Waals surface area contributed by atoms with Crippen LogP contribution < -0.4 is 20.1 Å². The van der Waals surface area contributed by atoms with Crippen LogP contribution in [0.5, 0.6) is 11.5 Å². The molecule has 0 spiro atoms. The molecule has 0 aliphatic rings. The van der Waals surface area contributed by atoms with Gasteiger partial charge in [0.25, 0.3) is 5.91 Å². The van der Waals surface area contributed by atoms with Crippen LogP contribution in [0.3, 0.4) is 0 Å². The highest BCUT2D eigenvalue weighted by atomic mass is 16.5. The second-order valence-electron chi connectivity index (χ2n) is 7.27. The third-order valence-electron chi connectivity index (χ3n) is 4.99. The van der Waals surface area contributed by atoms with Gasteiger partial charge in [0.1, 0.15) is 6.04 Å². The van der Waals surface area contributed by atoms with Gasteiger partial charge in [0.05, 0.1) is 14.2 Å².